The first kappa shape index (κ1) is 13.3. The highest BCUT2D eigenvalue weighted by Gasteiger charge is 2.12. The molecule has 5 heteroatoms. The molecule has 0 amide bonds. The number of ether oxygens (including phenoxy) is 1. The van der Waals surface area contributed by atoms with Gasteiger partial charge in [-0.25, -0.2) is 4.98 Å². The van der Waals surface area contributed by atoms with E-state index in [4.69, 9.17) is 27.9 Å². The molecule has 0 spiro atoms. The van der Waals surface area contributed by atoms with Crippen LogP contribution in [0.25, 0.3) is 16.7 Å². The van der Waals surface area contributed by atoms with E-state index in [1.54, 1.807) is 7.11 Å². The molecule has 102 valence electrons. The number of fused-ring (bicyclic) bond motifs is 1. The molecule has 0 atom stereocenters. The number of para-hydroxylation sites is 2. The van der Waals surface area contributed by atoms with E-state index in [0.717, 1.165) is 22.5 Å². The van der Waals surface area contributed by atoms with E-state index < -0.39 is 0 Å². The smallest absolute Gasteiger partial charge is 0.139 e. The van der Waals surface area contributed by atoms with Gasteiger partial charge in [0.25, 0.3) is 0 Å². The van der Waals surface area contributed by atoms with E-state index in [1.807, 2.05) is 47.0 Å². The molecule has 3 rings (SSSR count). The van der Waals surface area contributed by atoms with Crippen LogP contribution in [-0.4, -0.2) is 16.7 Å². The summed E-state index contributed by atoms with van der Waals surface area (Å²) in [7, 11) is 1.60. The molecule has 0 aliphatic rings. The average Bonchev–Trinajstić information content (AvgIpc) is 2.86. The first-order valence-electron chi connectivity index (χ1n) is 6.11. The molecular formula is C15H12Cl2N2O. The minimum absolute atomic E-state index is 0.333. The quantitative estimate of drug-likeness (QED) is 0.669. The summed E-state index contributed by atoms with van der Waals surface area (Å²) in [6.07, 6.45) is 0. The third kappa shape index (κ3) is 2.13. The van der Waals surface area contributed by atoms with Crippen LogP contribution in [0.4, 0.5) is 0 Å². The third-order valence-electron chi connectivity index (χ3n) is 3.14. The molecule has 1 aromatic heterocycles. The standard InChI is InChI=1S/C15H12Cl2N2O/c1-20-14-8-10(6-7-11(14)17)19-13-5-3-2-4-12(13)18-15(19)9-16/h2-8H,9H2,1H3. The maximum atomic E-state index is 6.07. The van der Waals surface area contributed by atoms with Gasteiger partial charge in [-0.1, -0.05) is 23.7 Å². The van der Waals surface area contributed by atoms with Gasteiger partial charge in [0.05, 0.1) is 34.7 Å². The number of nitrogens with zero attached hydrogens (tertiary/aromatic N) is 2. The second-order valence-corrected chi connectivity index (χ2v) is 4.98. The first-order chi connectivity index (χ1) is 9.74. The fraction of sp³-hybridized carbons (Fsp3) is 0.133. The predicted octanol–water partition coefficient (Wildman–Crippen LogP) is 4.43. The number of hydrogen-bond donors (Lipinski definition) is 0. The van der Waals surface area contributed by atoms with Crippen molar-refractivity contribution in [3.05, 3.63) is 53.3 Å². The van der Waals surface area contributed by atoms with E-state index in [9.17, 15) is 0 Å². The van der Waals surface area contributed by atoms with Crippen molar-refractivity contribution >= 4 is 34.2 Å². The zero-order chi connectivity index (χ0) is 14.1. The lowest BCUT2D eigenvalue weighted by molar-refractivity contribution is 0.415. The van der Waals surface area contributed by atoms with Crippen LogP contribution in [0.5, 0.6) is 5.75 Å². The second-order valence-electron chi connectivity index (χ2n) is 4.30. The number of aromatic nitrogens is 2. The van der Waals surface area contributed by atoms with Crippen molar-refractivity contribution in [3.8, 4) is 11.4 Å². The van der Waals surface area contributed by atoms with Crippen LogP contribution in [0.2, 0.25) is 5.02 Å². The van der Waals surface area contributed by atoms with Crippen molar-refractivity contribution in [1.29, 1.82) is 0 Å². The molecule has 0 aliphatic carbocycles. The molecule has 0 bridgehead atoms. The van der Waals surface area contributed by atoms with E-state index in [1.165, 1.54) is 0 Å². The predicted molar refractivity (Wildman–Crippen MR) is 82.2 cm³/mol. The van der Waals surface area contributed by atoms with Crippen molar-refractivity contribution in [2.24, 2.45) is 0 Å². The molecule has 0 saturated heterocycles. The summed E-state index contributed by atoms with van der Waals surface area (Å²) in [6, 6.07) is 13.5. The molecule has 0 fully saturated rings. The van der Waals surface area contributed by atoms with Gasteiger partial charge in [0.2, 0.25) is 0 Å². The molecule has 0 aliphatic heterocycles. The van der Waals surface area contributed by atoms with Crippen molar-refractivity contribution < 1.29 is 4.74 Å². The summed E-state index contributed by atoms with van der Waals surface area (Å²) in [5.41, 5.74) is 2.85. The van der Waals surface area contributed by atoms with Gasteiger partial charge < -0.3 is 4.74 Å². The first-order valence-corrected chi connectivity index (χ1v) is 7.02. The number of alkyl halides is 1. The van der Waals surface area contributed by atoms with Crippen LogP contribution in [0.1, 0.15) is 5.82 Å². The molecule has 0 saturated carbocycles. The zero-order valence-electron chi connectivity index (χ0n) is 10.8. The average molecular weight is 307 g/mol. The minimum atomic E-state index is 0.333. The Balaban J connectivity index is 2.28. The van der Waals surface area contributed by atoms with E-state index in [2.05, 4.69) is 4.98 Å². The van der Waals surface area contributed by atoms with Crippen LogP contribution in [0, 0.1) is 0 Å². The maximum Gasteiger partial charge on any atom is 0.139 e. The van der Waals surface area contributed by atoms with Gasteiger partial charge in [0, 0.05) is 6.07 Å². The van der Waals surface area contributed by atoms with Gasteiger partial charge in [0.15, 0.2) is 0 Å². The lowest BCUT2D eigenvalue weighted by Crippen LogP contribution is -1.99. The van der Waals surface area contributed by atoms with Crippen molar-refractivity contribution in [2.75, 3.05) is 7.11 Å². The fourth-order valence-electron chi connectivity index (χ4n) is 2.24. The fourth-order valence-corrected chi connectivity index (χ4v) is 2.62. The van der Waals surface area contributed by atoms with Crippen molar-refractivity contribution in [1.82, 2.24) is 9.55 Å². The third-order valence-corrected chi connectivity index (χ3v) is 3.69. The van der Waals surface area contributed by atoms with Crippen LogP contribution in [-0.2, 0) is 5.88 Å². The maximum absolute atomic E-state index is 6.07. The lowest BCUT2D eigenvalue weighted by atomic mass is 10.2. The number of hydrogen-bond acceptors (Lipinski definition) is 2. The summed E-state index contributed by atoms with van der Waals surface area (Å²) in [5.74, 6) is 1.75. The Morgan fingerprint density at radius 2 is 2.00 bits per heavy atom. The lowest BCUT2D eigenvalue weighted by Gasteiger charge is -2.10. The van der Waals surface area contributed by atoms with Crippen LogP contribution in [0.15, 0.2) is 42.5 Å². The molecule has 0 unspecified atom stereocenters. The summed E-state index contributed by atoms with van der Waals surface area (Å²) in [5, 5.41) is 0.577. The van der Waals surface area contributed by atoms with Crippen molar-refractivity contribution in [2.45, 2.75) is 5.88 Å². The van der Waals surface area contributed by atoms with Gasteiger partial charge in [-0.2, -0.15) is 0 Å². The largest absolute Gasteiger partial charge is 0.495 e. The van der Waals surface area contributed by atoms with Gasteiger partial charge in [-0.3, -0.25) is 4.57 Å². The number of methoxy groups -OCH3 is 1. The highest BCUT2D eigenvalue weighted by atomic mass is 35.5. The SMILES string of the molecule is COc1cc(-n2c(CCl)nc3ccccc32)ccc1Cl. The Bertz CT molecular complexity index is 768. The Labute approximate surface area is 126 Å². The summed E-state index contributed by atoms with van der Waals surface area (Å²) in [6.45, 7) is 0. The number of imidazole rings is 1. The summed E-state index contributed by atoms with van der Waals surface area (Å²) >= 11 is 12.1. The molecule has 0 radical (unpaired) electrons. The van der Waals surface area contributed by atoms with Gasteiger partial charge >= 0.3 is 0 Å². The van der Waals surface area contributed by atoms with E-state index in [-0.39, 0.29) is 0 Å². The van der Waals surface area contributed by atoms with Crippen LogP contribution < -0.4 is 4.74 Å². The molecule has 0 N–H and O–H groups in total. The van der Waals surface area contributed by atoms with Crippen LogP contribution >= 0.6 is 23.2 Å². The van der Waals surface area contributed by atoms with Gasteiger partial charge in [-0.05, 0) is 24.3 Å². The number of rotatable bonds is 3. The van der Waals surface area contributed by atoms with Crippen LogP contribution in [0.3, 0.4) is 0 Å². The highest BCUT2D eigenvalue weighted by Crippen LogP contribution is 2.29. The normalized spacial score (nSPS) is 10.9. The Morgan fingerprint density at radius 1 is 1.20 bits per heavy atom. The zero-order valence-corrected chi connectivity index (χ0v) is 12.3. The molecule has 1 heterocycles. The number of benzene rings is 2. The van der Waals surface area contributed by atoms with Gasteiger partial charge in [0.1, 0.15) is 11.6 Å². The summed E-state index contributed by atoms with van der Waals surface area (Å²) in [4.78, 5) is 4.54. The molecule has 20 heavy (non-hydrogen) atoms. The molecule has 3 nitrogen and oxygen atoms in total. The Morgan fingerprint density at radius 3 is 2.75 bits per heavy atom. The minimum Gasteiger partial charge on any atom is -0.495 e. The Hall–Kier alpha value is -1.71. The summed E-state index contributed by atoms with van der Waals surface area (Å²) < 4.78 is 7.29. The van der Waals surface area contributed by atoms with E-state index in [0.29, 0.717) is 16.7 Å². The van der Waals surface area contributed by atoms with Crippen molar-refractivity contribution in [3.63, 3.8) is 0 Å². The van der Waals surface area contributed by atoms with E-state index >= 15 is 0 Å². The monoisotopic (exact) mass is 306 g/mol. The van der Waals surface area contributed by atoms with Gasteiger partial charge in [-0.15, -0.1) is 11.6 Å². The topological polar surface area (TPSA) is 27.1 Å². The number of halogens is 2. The molecule has 3 aromatic rings. The second kappa shape index (κ2) is 5.35. The Kier molecular flexibility index (Phi) is 3.55. The molecular weight excluding hydrogens is 295 g/mol. The highest BCUT2D eigenvalue weighted by molar-refractivity contribution is 6.32. The molecule has 2 aromatic carbocycles.